The van der Waals surface area contributed by atoms with Gasteiger partial charge in [0.15, 0.2) is 0 Å². The molecule has 8 heteroatoms. The molecule has 1 aliphatic rings. The average Bonchev–Trinajstić information content (AvgIpc) is 2.47. The Hall–Kier alpha value is -1.71. The molecular formula is C13H16O8. The summed E-state index contributed by atoms with van der Waals surface area (Å²) in [7, 11) is 0. The van der Waals surface area contributed by atoms with Gasteiger partial charge < -0.3 is 35.0 Å². The Morgan fingerprint density at radius 1 is 1.19 bits per heavy atom. The van der Waals surface area contributed by atoms with Gasteiger partial charge in [-0.25, -0.2) is 4.79 Å². The highest BCUT2D eigenvalue weighted by atomic mass is 16.7. The number of esters is 1. The van der Waals surface area contributed by atoms with Crippen LogP contribution < -0.4 is 0 Å². The standard InChI is InChI=1S/C13H16O8/c14-5-8-9(16)10(17)11(18)13(20-8)21-12(19)6-2-1-3-7(15)4-6/h1-4,8-11,13-18H,5H2/t8-,9-,10+,11-,13+/m1/s1. The van der Waals surface area contributed by atoms with Gasteiger partial charge in [-0.05, 0) is 18.2 Å². The molecule has 0 radical (unpaired) electrons. The van der Waals surface area contributed by atoms with Crippen LogP contribution in [0.25, 0.3) is 0 Å². The number of benzene rings is 1. The zero-order chi connectivity index (χ0) is 15.6. The van der Waals surface area contributed by atoms with Crippen LogP contribution in [0.4, 0.5) is 0 Å². The first-order valence-electron chi connectivity index (χ1n) is 6.24. The lowest BCUT2D eigenvalue weighted by atomic mass is 9.99. The second-order valence-electron chi connectivity index (χ2n) is 4.65. The van der Waals surface area contributed by atoms with Crippen LogP contribution >= 0.6 is 0 Å². The van der Waals surface area contributed by atoms with Gasteiger partial charge in [-0.3, -0.25) is 0 Å². The van der Waals surface area contributed by atoms with E-state index in [1.165, 1.54) is 18.2 Å². The lowest BCUT2D eigenvalue weighted by Gasteiger charge is -2.39. The van der Waals surface area contributed by atoms with Crippen LogP contribution in [0.5, 0.6) is 5.75 Å². The number of hydrogen-bond donors (Lipinski definition) is 5. The monoisotopic (exact) mass is 300 g/mol. The van der Waals surface area contributed by atoms with Crippen molar-refractivity contribution >= 4 is 5.97 Å². The Balaban J connectivity index is 2.09. The molecule has 1 aliphatic heterocycles. The Morgan fingerprint density at radius 2 is 1.90 bits per heavy atom. The number of rotatable bonds is 3. The van der Waals surface area contributed by atoms with E-state index < -0.39 is 43.3 Å². The lowest BCUT2D eigenvalue weighted by Crippen LogP contribution is -2.59. The van der Waals surface area contributed by atoms with Crippen molar-refractivity contribution in [2.45, 2.75) is 30.7 Å². The van der Waals surface area contributed by atoms with Crippen molar-refractivity contribution < 1.29 is 39.8 Å². The van der Waals surface area contributed by atoms with E-state index in [-0.39, 0.29) is 11.3 Å². The smallest absolute Gasteiger partial charge is 0.340 e. The summed E-state index contributed by atoms with van der Waals surface area (Å²) in [5.74, 6) is -1.03. The minimum atomic E-state index is -1.66. The van der Waals surface area contributed by atoms with Crippen molar-refractivity contribution in [3.05, 3.63) is 29.8 Å². The molecule has 1 aromatic carbocycles. The zero-order valence-corrected chi connectivity index (χ0v) is 10.9. The summed E-state index contributed by atoms with van der Waals surface area (Å²) in [6.07, 6.45) is -7.52. The molecule has 21 heavy (non-hydrogen) atoms. The van der Waals surface area contributed by atoms with Crippen LogP contribution in [-0.2, 0) is 9.47 Å². The number of carbonyl (C=O) groups excluding carboxylic acids is 1. The van der Waals surface area contributed by atoms with Gasteiger partial charge in [0, 0.05) is 0 Å². The number of phenolic OH excluding ortho intramolecular Hbond substituents is 1. The van der Waals surface area contributed by atoms with Gasteiger partial charge in [0.25, 0.3) is 0 Å². The first-order chi connectivity index (χ1) is 9.93. The van der Waals surface area contributed by atoms with Crippen LogP contribution in [0.1, 0.15) is 10.4 Å². The van der Waals surface area contributed by atoms with Crippen molar-refractivity contribution in [2.24, 2.45) is 0 Å². The molecule has 1 aromatic rings. The highest BCUT2D eigenvalue weighted by Crippen LogP contribution is 2.23. The lowest BCUT2D eigenvalue weighted by molar-refractivity contribution is -0.285. The summed E-state index contributed by atoms with van der Waals surface area (Å²) in [4.78, 5) is 11.9. The number of carbonyl (C=O) groups is 1. The van der Waals surface area contributed by atoms with Gasteiger partial charge in [0.2, 0.25) is 6.29 Å². The highest BCUT2D eigenvalue weighted by Gasteiger charge is 2.45. The van der Waals surface area contributed by atoms with E-state index in [1.807, 2.05) is 0 Å². The van der Waals surface area contributed by atoms with Crippen molar-refractivity contribution in [2.75, 3.05) is 6.61 Å². The van der Waals surface area contributed by atoms with E-state index in [1.54, 1.807) is 0 Å². The summed E-state index contributed by atoms with van der Waals surface area (Å²) in [6.45, 7) is -0.620. The largest absolute Gasteiger partial charge is 0.508 e. The zero-order valence-electron chi connectivity index (χ0n) is 10.9. The first kappa shape index (κ1) is 15.7. The van der Waals surface area contributed by atoms with Crippen molar-refractivity contribution in [3.63, 3.8) is 0 Å². The SMILES string of the molecule is O=C(O[C@@H]1O[C@H](CO)[C@@H](O)[C@H](O)[C@H]1O)c1cccc(O)c1. The van der Waals surface area contributed by atoms with Crippen molar-refractivity contribution in [1.29, 1.82) is 0 Å². The topological polar surface area (TPSA) is 137 Å². The quantitative estimate of drug-likeness (QED) is 0.419. The molecule has 8 nitrogen and oxygen atoms in total. The maximum absolute atomic E-state index is 11.9. The third-order valence-corrected chi connectivity index (χ3v) is 3.15. The van der Waals surface area contributed by atoms with Crippen LogP contribution in [0, 0.1) is 0 Å². The van der Waals surface area contributed by atoms with Crippen molar-refractivity contribution in [3.8, 4) is 5.75 Å². The van der Waals surface area contributed by atoms with E-state index in [0.717, 1.165) is 6.07 Å². The molecule has 1 fully saturated rings. The fourth-order valence-electron chi connectivity index (χ4n) is 1.97. The highest BCUT2D eigenvalue weighted by molar-refractivity contribution is 5.89. The molecule has 5 atom stereocenters. The molecule has 0 bridgehead atoms. The van der Waals surface area contributed by atoms with Gasteiger partial charge in [-0.15, -0.1) is 0 Å². The Labute approximate surface area is 119 Å². The summed E-state index contributed by atoms with van der Waals surface area (Å²) in [5.41, 5.74) is 0.0203. The number of ether oxygens (including phenoxy) is 2. The van der Waals surface area contributed by atoms with Gasteiger partial charge in [0.05, 0.1) is 12.2 Å². The average molecular weight is 300 g/mol. The predicted octanol–water partition coefficient (Wildman–Crippen LogP) is -1.65. The second kappa shape index (κ2) is 6.37. The summed E-state index contributed by atoms with van der Waals surface area (Å²) >= 11 is 0. The molecule has 1 saturated heterocycles. The van der Waals surface area contributed by atoms with Crippen LogP contribution in [0.3, 0.4) is 0 Å². The minimum absolute atomic E-state index is 0.0203. The Bertz CT molecular complexity index is 503. The van der Waals surface area contributed by atoms with Gasteiger partial charge in [0.1, 0.15) is 30.2 Å². The van der Waals surface area contributed by atoms with Gasteiger partial charge >= 0.3 is 5.97 Å². The van der Waals surface area contributed by atoms with Crippen LogP contribution in [0.2, 0.25) is 0 Å². The van der Waals surface area contributed by atoms with E-state index >= 15 is 0 Å². The molecule has 0 unspecified atom stereocenters. The van der Waals surface area contributed by atoms with E-state index in [9.17, 15) is 25.2 Å². The molecular weight excluding hydrogens is 284 g/mol. The predicted molar refractivity (Wildman–Crippen MR) is 67.3 cm³/mol. The minimum Gasteiger partial charge on any atom is -0.508 e. The van der Waals surface area contributed by atoms with Gasteiger partial charge in [-0.2, -0.15) is 0 Å². The molecule has 5 N–H and O–H groups in total. The molecule has 0 aliphatic carbocycles. The Kier molecular flexibility index (Phi) is 4.76. The van der Waals surface area contributed by atoms with E-state index in [2.05, 4.69) is 0 Å². The molecule has 0 amide bonds. The normalized spacial score (nSPS) is 32.7. The summed E-state index contributed by atoms with van der Waals surface area (Å²) in [6, 6.07) is 5.34. The molecule has 2 rings (SSSR count). The first-order valence-corrected chi connectivity index (χ1v) is 6.24. The number of aromatic hydroxyl groups is 1. The van der Waals surface area contributed by atoms with Gasteiger partial charge in [-0.1, -0.05) is 6.07 Å². The molecule has 0 saturated carbocycles. The number of hydrogen-bond acceptors (Lipinski definition) is 8. The molecule has 1 heterocycles. The fourth-order valence-corrected chi connectivity index (χ4v) is 1.97. The maximum Gasteiger partial charge on any atom is 0.340 e. The van der Waals surface area contributed by atoms with Crippen molar-refractivity contribution in [1.82, 2.24) is 0 Å². The van der Waals surface area contributed by atoms with E-state index in [4.69, 9.17) is 14.6 Å². The third kappa shape index (κ3) is 3.31. The second-order valence-corrected chi connectivity index (χ2v) is 4.65. The number of phenols is 1. The van der Waals surface area contributed by atoms with E-state index in [0.29, 0.717) is 0 Å². The maximum atomic E-state index is 11.9. The molecule has 116 valence electrons. The fraction of sp³-hybridized carbons (Fsp3) is 0.462. The summed E-state index contributed by atoms with van der Waals surface area (Å²) in [5, 5.41) is 47.2. The molecule has 0 aromatic heterocycles. The number of aliphatic hydroxyl groups excluding tert-OH is 4. The number of aliphatic hydroxyl groups is 4. The summed E-state index contributed by atoms with van der Waals surface area (Å²) < 4.78 is 9.93. The Morgan fingerprint density at radius 3 is 2.52 bits per heavy atom. The van der Waals surface area contributed by atoms with Crippen LogP contribution in [-0.4, -0.2) is 68.8 Å². The third-order valence-electron chi connectivity index (χ3n) is 3.15. The molecule has 0 spiro atoms. The van der Waals surface area contributed by atoms with Crippen LogP contribution in [0.15, 0.2) is 24.3 Å².